The first-order valence-corrected chi connectivity index (χ1v) is 7.42. The fourth-order valence-corrected chi connectivity index (χ4v) is 0.556. The van der Waals surface area contributed by atoms with E-state index in [2.05, 4.69) is 34.4 Å². The lowest BCUT2D eigenvalue weighted by atomic mass is 10.5. The molecule has 0 fully saturated rings. The van der Waals surface area contributed by atoms with E-state index < -0.39 is 0 Å². The van der Waals surface area contributed by atoms with Crippen LogP contribution >= 0.6 is 45.8 Å². The van der Waals surface area contributed by atoms with Gasteiger partial charge in [0.2, 0.25) is 0 Å². The van der Waals surface area contributed by atoms with Gasteiger partial charge in [-0.05, 0) is 20.0 Å². The zero-order valence-corrected chi connectivity index (χ0v) is 17.2. The molecule has 18 heavy (non-hydrogen) atoms. The number of alkyl halides is 3. The fraction of sp³-hybridized carbons (Fsp3) is 0.667. The number of terminal acetylenes is 2. The van der Waals surface area contributed by atoms with Gasteiger partial charge >= 0.3 is 0 Å². The Hall–Kier alpha value is 1.08. The smallest absolute Gasteiger partial charge is 0.155 e. The van der Waals surface area contributed by atoms with Crippen molar-refractivity contribution in [2.24, 2.45) is 0 Å². The van der Waals surface area contributed by atoms with Crippen LogP contribution in [-0.2, 0) is 0 Å². The van der Waals surface area contributed by atoms with Crippen LogP contribution in [0.2, 0.25) is 0 Å². The Kier molecular flexibility index (Phi) is 31.1. The second-order valence-electron chi connectivity index (χ2n) is 3.96. The van der Waals surface area contributed by atoms with Gasteiger partial charge in [0, 0.05) is 0 Å². The summed E-state index contributed by atoms with van der Waals surface area (Å²) in [4.78, 5) is 1.94. The molecule has 0 aliphatic carbocycles. The van der Waals surface area contributed by atoms with E-state index in [1.807, 2.05) is 33.1 Å². The Bertz CT molecular complexity index is 233. The lowest BCUT2D eigenvalue weighted by Gasteiger charge is -2.23. The van der Waals surface area contributed by atoms with Crippen molar-refractivity contribution in [1.29, 1.82) is 0 Å². The Balaban J connectivity index is -0.0000000875. The Morgan fingerprint density at radius 3 is 1.61 bits per heavy atom. The molecule has 0 aromatic heterocycles. The van der Waals surface area contributed by atoms with Gasteiger partial charge < -0.3 is 28.5 Å². The fourth-order valence-electron chi connectivity index (χ4n) is 0.472. The quantitative estimate of drug-likeness (QED) is 0.163. The third-order valence-corrected chi connectivity index (χ3v) is 1.90. The van der Waals surface area contributed by atoms with Crippen LogP contribution < -0.4 is 24.0 Å². The summed E-state index contributed by atoms with van der Waals surface area (Å²) < 4.78 is 1.38. The van der Waals surface area contributed by atoms with Crippen molar-refractivity contribution in [3.05, 3.63) is 0 Å². The summed E-state index contributed by atoms with van der Waals surface area (Å²) in [5.41, 5.74) is 0. The molecule has 0 unspecified atom stereocenters. The number of quaternary nitrogens is 1. The number of hydrogen-bond acceptors (Lipinski definition) is 1. The summed E-state index contributed by atoms with van der Waals surface area (Å²) in [6.45, 7) is 1.43. The maximum Gasteiger partial charge on any atom is 0.155 e. The van der Waals surface area contributed by atoms with Crippen LogP contribution in [0.3, 0.4) is 0 Å². The maximum atomic E-state index is 5.55. The van der Waals surface area contributed by atoms with Crippen molar-refractivity contribution in [3.63, 3.8) is 0 Å². The van der Waals surface area contributed by atoms with Gasteiger partial charge in [0.1, 0.15) is 6.54 Å². The maximum absolute atomic E-state index is 5.55. The highest BCUT2D eigenvalue weighted by Crippen LogP contribution is 1.95. The van der Waals surface area contributed by atoms with Crippen LogP contribution in [-0.4, -0.2) is 60.6 Å². The summed E-state index contributed by atoms with van der Waals surface area (Å²) in [6.07, 6.45) is 10.0. The Labute approximate surface area is 154 Å². The predicted molar refractivity (Wildman–Crippen MR) is 88.7 cm³/mol. The zero-order chi connectivity index (χ0) is 14.3. The minimum Gasteiger partial charge on any atom is -1.00 e. The molecule has 0 aliphatic rings. The second kappa shape index (κ2) is 20.4. The highest BCUT2D eigenvalue weighted by Gasteiger charge is 2.08. The standard InChI is InChI=1S/C6H11ClN.C5H9N.CH2ClI.HI/c1-4-5-8(2,3)6-7;1-4-5-6(2)3;2-1-3;/h1H,5-6H2,2-3H3;1H,5H2,2-3H3;1H2;1H/q+1;;;/p-1. The summed E-state index contributed by atoms with van der Waals surface area (Å²) in [5.74, 6) is 5.04. The van der Waals surface area contributed by atoms with Crippen LogP contribution in [0.5, 0.6) is 0 Å². The van der Waals surface area contributed by atoms with Crippen LogP contribution in [0.25, 0.3) is 0 Å². The molecule has 0 bridgehead atoms. The largest absolute Gasteiger partial charge is 1.00 e. The van der Waals surface area contributed by atoms with Gasteiger partial charge in [-0.15, -0.1) is 24.4 Å². The van der Waals surface area contributed by atoms with Gasteiger partial charge in [0.25, 0.3) is 0 Å². The van der Waals surface area contributed by atoms with Crippen molar-refractivity contribution in [2.75, 3.05) is 51.2 Å². The summed E-state index contributed by atoms with van der Waals surface area (Å²) in [5, 5.41) is 0. The van der Waals surface area contributed by atoms with Crippen LogP contribution in [0.4, 0.5) is 0 Å². The van der Waals surface area contributed by atoms with Crippen LogP contribution in [0.15, 0.2) is 0 Å². The number of nitrogens with zero attached hydrogens (tertiary/aromatic N) is 2. The molecule has 0 saturated heterocycles. The number of rotatable bonds is 3. The molecule has 0 saturated carbocycles. The second-order valence-corrected chi connectivity index (χ2v) is 6.13. The molecule has 108 valence electrons. The molecular weight excluding hydrogens is 497 g/mol. The highest BCUT2D eigenvalue weighted by atomic mass is 127. The minimum atomic E-state index is 0. The van der Waals surface area contributed by atoms with E-state index in [9.17, 15) is 0 Å². The molecule has 0 spiro atoms. The van der Waals surface area contributed by atoms with Gasteiger partial charge in [-0.3, -0.25) is 4.90 Å². The topological polar surface area (TPSA) is 3.24 Å². The van der Waals surface area contributed by atoms with Crippen molar-refractivity contribution in [3.8, 4) is 24.7 Å². The molecule has 0 aromatic carbocycles. The van der Waals surface area contributed by atoms with E-state index in [0.717, 1.165) is 6.54 Å². The predicted octanol–water partition coefficient (Wildman–Crippen LogP) is -0.305. The summed E-state index contributed by atoms with van der Waals surface area (Å²) in [6, 6.07) is 0.574. The zero-order valence-electron chi connectivity index (χ0n) is 11.4. The highest BCUT2D eigenvalue weighted by molar-refractivity contribution is 14.1. The minimum absolute atomic E-state index is 0. The van der Waals surface area contributed by atoms with Crippen molar-refractivity contribution < 1.29 is 28.5 Å². The first-order chi connectivity index (χ1) is 7.81. The van der Waals surface area contributed by atoms with E-state index in [1.165, 1.54) is 0 Å². The molecule has 0 heterocycles. The van der Waals surface area contributed by atoms with Gasteiger partial charge in [0.05, 0.1) is 24.5 Å². The molecule has 0 amide bonds. The molecule has 0 N–H and O–H groups in total. The Morgan fingerprint density at radius 1 is 1.17 bits per heavy atom. The van der Waals surface area contributed by atoms with Gasteiger partial charge in [-0.25, -0.2) is 0 Å². The molecule has 6 heteroatoms. The van der Waals surface area contributed by atoms with Gasteiger partial charge in [-0.1, -0.05) is 40.1 Å². The SMILES string of the molecule is C#CCN(C)C.C#CC[N+](C)(C)CCl.ClCI.[I-]. The normalized spacial score (nSPS) is 8.56. The first kappa shape index (κ1) is 27.4. The van der Waals surface area contributed by atoms with Crippen LogP contribution in [0.1, 0.15) is 0 Å². The number of hydrogen-bond donors (Lipinski definition) is 0. The molecular formula is C12H22Cl2I2N2. The van der Waals surface area contributed by atoms with Crippen LogP contribution in [0, 0.1) is 24.7 Å². The van der Waals surface area contributed by atoms with Crippen molar-refractivity contribution in [2.45, 2.75) is 0 Å². The van der Waals surface area contributed by atoms with E-state index in [0.29, 0.717) is 20.9 Å². The average molecular weight is 519 g/mol. The third-order valence-electron chi connectivity index (χ3n) is 1.25. The molecule has 0 rings (SSSR count). The average Bonchev–Trinajstić information content (AvgIpc) is 2.19. The molecule has 0 atom stereocenters. The van der Waals surface area contributed by atoms with E-state index in [4.69, 9.17) is 36.0 Å². The first-order valence-electron chi connectivity index (χ1n) is 4.82. The lowest BCUT2D eigenvalue weighted by molar-refractivity contribution is -0.871. The summed E-state index contributed by atoms with van der Waals surface area (Å²) >= 11 is 12.6. The van der Waals surface area contributed by atoms with Gasteiger partial charge in [0.15, 0.2) is 6.00 Å². The third kappa shape index (κ3) is 36.0. The lowest BCUT2D eigenvalue weighted by Crippen LogP contribution is -3.00. The monoisotopic (exact) mass is 518 g/mol. The van der Waals surface area contributed by atoms with E-state index >= 15 is 0 Å². The number of halogens is 4. The molecule has 0 radical (unpaired) electrons. The molecule has 2 nitrogen and oxygen atoms in total. The molecule has 0 aromatic rings. The summed E-state index contributed by atoms with van der Waals surface area (Å²) in [7, 11) is 7.87. The van der Waals surface area contributed by atoms with E-state index in [-0.39, 0.29) is 24.0 Å². The van der Waals surface area contributed by atoms with Crippen molar-refractivity contribution in [1.82, 2.24) is 4.90 Å². The van der Waals surface area contributed by atoms with Gasteiger partial charge in [-0.2, -0.15) is 0 Å². The Morgan fingerprint density at radius 2 is 1.56 bits per heavy atom. The van der Waals surface area contributed by atoms with Crippen molar-refractivity contribution >= 4 is 45.8 Å². The van der Waals surface area contributed by atoms with E-state index in [1.54, 1.807) is 0 Å². The molecule has 0 aliphatic heterocycles.